The summed E-state index contributed by atoms with van der Waals surface area (Å²) >= 11 is 0. The fraction of sp³-hybridized carbons (Fsp3) is 0.192. The molecular weight excluding hydrogens is 420 g/mol. The zero-order valence-electron chi connectivity index (χ0n) is 17.7. The lowest BCUT2D eigenvalue weighted by Gasteiger charge is -2.19. The SMILES string of the molecule is O=C(N[C@@H](C[C@H]1C(=O)Nc2ccccc21)C(=O)O)OCC1c2ccccc2-c2ccccc21. The maximum absolute atomic E-state index is 12.5. The summed E-state index contributed by atoms with van der Waals surface area (Å²) in [6.07, 6.45) is -0.890. The van der Waals surface area contributed by atoms with Crippen molar-refractivity contribution in [1.29, 1.82) is 0 Å². The van der Waals surface area contributed by atoms with Gasteiger partial charge >= 0.3 is 12.1 Å². The summed E-state index contributed by atoms with van der Waals surface area (Å²) < 4.78 is 5.47. The molecule has 5 rings (SSSR count). The number of carbonyl (C=O) groups is 3. The molecule has 2 aliphatic rings. The first-order valence-corrected chi connectivity index (χ1v) is 10.8. The van der Waals surface area contributed by atoms with Crippen molar-refractivity contribution in [2.24, 2.45) is 0 Å². The summed E-state index contributed by atoms with van der Waals surface area (Å²) in [5.41, 5.74) is 5.75. The molecule has 0 saturated carbocycles. The Morgan fingerprint density at radius 1 is 0.879 bits per heavy atom. The zero-order valence-corrected chi connectivity index (χ0v) is 17.7. The molecule has 7 heteroatoms. The van der Waals surface area contributed by atoms with Gasteiger partial charge in [-0.2, -0.15) is 0 Å². The number of carbonyl (C=O) groups excluding carboxylic acids is 2. The van der Waals surface area contributed by atoms with E-state index in [1.54, 1.807) is 24.3 Å². The molecule has 166 valence electrons. The molecule has 3 N–H and O–H groups in total. The second-order valence-electron chi connectivity index (χ2n) is 8.23. The van der Waals surface area contributed by atoms with Crippen LogP contribution in [0.4, 0.5) is 10.5 Å². The van der Waals surface area contributed by atoms with Gasteiger partial charge in [0.15, 0.2) is 0 Å². The highest BCUT2D eigenvalue weighted by atomic mass is 16.5. The average Bonchev–Trinajstić information content (AvgIpc) is 3.31. The average molecular weight is 442 g/mol. The Hall–Kier alpha value is -4.13. The van der Waals surface area contributed by atoms with Crippen molar-refractivity contribution < 1.29 is 24.2 Å². The first kappa shape index (κ1) is 20.8. The molecule has 33 heavy (non-hydrogen) atoms. The molecule has 3 aromatic carbocycles. The number of fused-ring (bicyclic) bond motifs is 4. The summed E-state index contributed by atoms with van der Waals surface area (Å²) in [5.74, 6) is -2.28. The molecule has 1 aliphatic heterocycles. The van der Waals surface area contributed by atoms with E-state index in [9.17, 15) is 19.5 Å². The zero-order chi connectivity index (χ0) is 22.9. The number of benzene rings is 3. The second-order valence-corrected chi connectivity index (χ2v) is 8.23. The second kappa shape index (κ2) is 8.43. The van der Waals surface area contributed by atoms with E-state index in [2.05, 4.69) is 10.6 Å². The normalized spacial score (nSPS) is 16.8. The summed E-state index contributed by atoms with van der Waals surface area (Å²) in [6, 6.07) is 21.8. The number of hydrogen-bond acceptors (Lipinski definition) is 4. The van der Waals surface area contributed by atoms with Crippen LogP contribution in [0.1, 0.15) is 34.9 Å². The van der Waals surface area contributed by atoms with E-state index in [-0.39, 0.29) is 24.9 Å². The predicted octanol–water partition coefficient (Wildman–Crippen LogP) is 4.10. The van der Waals surface area contributed by atoms with Crippen LogP contribution in [-0.2, 0) is 14.3 Å². The minimum atomic E-state index is -1.26. The molecule has 0 saturated heterocycles. The van der Waals surface area contributed by atoms with Gasteiger partial charge in [-0.05, 0) is 40.3 Å². The van der Waals surface area contributed by atoms with Crippen LogP contribution in [0.15, 0.2) is 72.8 Å². The van der Waals surface area contributed by atoms with Crippen molar-refractivity contribution in [2.45, 2.75) is 24.3 Å². The third kappa shape index (κ3) is 3.82. The van der Waals surface area contributed by atoms with Gasteiger partial charge in [0.2, 0.25) is 5.91 Å². The van der Waals surface area contributed by atoms with Gasteiger partial charge in [-0.25, -0.2) is 9.59 Å². The molecule has 7 nitrogen and oxygen atoms in total. The Balaban J connectivity index is 1.27. The summed E-state index contributed by atoms with van der Waals surface area (Å²) in [4.78, 5) is 36.7. The molecule has 0 aromatic heterocycles. The third-order valence-electron chi connectivity index (χ3n) is 6.32. The molecule has 2 amide bonds. The van der Waals surface area contributed by atoms with Gasteiger partial charge in [-0.15, -0.1) is 0 Å². The van der Waals surface area contributed by atoms with E-state index in [1.165, 1.54) is 0 Å². The lowest BCUT2D eigenvalue weighted by Crippen LogP contribution is -2.43. The minimum Gasteiger partial charge on any atom is -0.480 e. The number of alkyl carbamates (subject to hydrolysis) is 1. The number of amides is 2. The highest BCUT2D eigenvalue weighted by Gasteiger charge is 2.35. The van der Waals surface area contributed by atoms with E-state index < -0.39 is 24.0 Å². The number of rotatable bonds is 6. The fourth-order valence-electron chi connectivity index (χ4n) is 4.75. The lowest BCUT2D eigenvalue weighted by atomic mass is 9.93. The van der Waals surface area contributed by atoms with Crippen LogP contribution in [0, 0.1) is 0 Å². The van der Waals surface area contributed by atoms with E-state index >= 15 is 0 Å². The number of anilines is 1. The first-order valence-electron chi connectivity index (χ1n) is 10.8. The Kier molecular flexibility index (Phi) is 5.30. The predicted molar refractivity (Wildman–Crippen MR) is 122 cm³/mol. The van der Waals surface area contributed by atoms with E-state index in [1.807, 2.05) is 48.5 Å². The molecular formula is C26H22N2O5. The number of carboxylic acids is 1. The van der Waals surface area contributed by atoms with Crippen LogP contribution in [0.5, 0.6) is 0 Å². The molecule has 1 heterocycles. The smallest absolute Gasteiger partial charge is 0.407 e. The summed E-state index contributed by atoms with van der Waals surface area (Å²) in [7, 11) is 0. The largest absolute Gasteiger partial charge is 0.480 e. The molecule has 0 fully saturated rings. The Morgan fingerprint density at radius 3 is 2.09 bits per heavy atom. The van der Waals surface area contributed by atoms with Gasteiger partial charge in [-0.3, -0.25) is 4.79 Å². The standard InChI is InChI=1S/C26H22N2O5/c29-24-20(19-11-5-6-12-22(19)27-24)13-23(25(30)31)28-26(32)33-14-21-17-9-3-1-7-15(17)16-8-2-4-10-18(16)21/h1-12,20-21,23H,13-14H2,(H,27,29)(H,28,32)(H,30,31)/t20-,23+/m1/s1. The Morgan fingerprint density at radius 2 is 1.45 bits per heavy atom. The van der Waals surface area contributed by atoms with Gasteiger partial charge < -0.3 is 20.5 Å². The van der Waals surface area contributed by atoms with Crippen LogP contribution in [0.3, 0.4) is 0 Å². The summed E-state index contributed by atoms with van der Waals surface area (Å²) in [6.45, 7) is 0.0823. The molecule has 0 bridgehead atoms. The number of para-hydroxylation sites is 1. The lowest BCUT2D eigenvalue weighted by molar-refractivity contribution is -0.139. The molecule has 2 atom stereocenters. The van der Waals surface area contributed by atoms with Crippen molar-refractivity contribution in [3.05, 3.63) is 89.5 Å². The molecule has 3 aromatic rings. The van der Waals surface area contributed by atoms with E-state index in [4.69, 9.17) is 4.74 Å². The fourth-order valence-corrected chi connectivity index (χ4v) is 4.75. The maximum Gasteiger partial charge on any atom is 0.407 e. The van der Waals surface area contributed by atoms with Gasteiger partial charge in [0.1, 0.15) is 12.6 Å². The van der Waals surface area contributed by atoms with Crippen molar-refractivity contribution in [3.63, 3.8) is 0 Å². The molecule has 0 radical (unpaired) electrons. The molecule has 1 aliphatic carbocycles. The molecule has 0 spiro atoms. The number of aliphatic carboxylic acids is 1. The summed E-state index contributed by atoms with van der Waals surface area (Å²) in [5, 5.41) is 14.8. The van der Waals surface area contributed by atoms with Crippen LogP contribution in [0.2, 0.25) is 0 Å². The van der Waals surface area contributed by atoms with Gasteiger partial charge in [0.25, 0.3) is 0 Å². The highest BCUT2D eigenvalue weighted by Crippen LogP contribution is 2.44. The molecule has 0 unspecified atom stereocenters. The number of carboxylic acid groups (broad SMARTS) is 1. The van der Waals surface area contributed by atoms with Crippen LogP contribution < -0.4 is 10.6 Å². The quantitative estimate of drug-likeness (QED) is 0.533. The van der Waals surface area contributed by atoms with Gasteiger partial charge in [0, 0.05) is 11.6 Å². The van der Waals surface area contributed by atoms with Crippen LogP contribution >= 0.6 is 0 Å². The van der Waals surface area contributed by atoms with Gasteiger partial charge in [0.05, 0.1) is 5.92 Å². The number of nitrogens with one attached hydrogen (secondary N) is 2. The van der Waals surface area contributed by atoms with Crippen molar-refractivity contribution in [2.75, 3.05) is 11.9 Å². The number of hydrogen-bond donors (Lipinski definition) is 3. The van der Waals surface area contributed by atoms with Gasteiger partial charge in [-0.1, -0.05) is 66.7 Å². The minimum absolute atomic E-state index is 0.0671. The van der Waals surface area contributed by atoms with Crippen molar-refractivity contribution in [3.8, 4) is 11.1 Å². The van der Waals surface area contributed by atoms with Crippen molar-refractivity contribution >= 4 is 23.7 Å². The van der Waals surface area contributed by atoms with E-state index in [0.717, 1.165) is 27.8 Å². The maximum atomic E-state index is 12.5. The first-order chi connectivity index (χ1) is 16.0. The van der Waals surface area contributed by atoms with Crippen LogP contribution in [0.25, 0.3) is 11.1 Å². The van der Waals surface area contributed by atoms with Crippen LogP contribution in [-0.4, -0.2) is 35.7 Å². The Labute approximate surface area is 190 Å². The highest BCUT2D eigenvalue weighted by molar-refractivity contribution is 6.03. The monoisotopic (exact) mass is 442 g/mol. The topological polar surface area (TPSA) is 105 Å². The Bertz CT molecular complexity index is 1210. The number of ether oxygens (including phenoxy) is 1. The van der Waals surface area contributed by atoms with E-state index in [0.29, 0.717) is 5.69 Å². The third-order valence-corrected chi connectivity index (χ3v) is 6.32. The van der Waals surface area contributed by atoms with Crippen molar-refractivity contribution in [1.82, 2.24) is 5.32 Å².